The molecule has 1 N–H and O–H groups in total. The zero-order valence-corrected chi connectivity index (χ0v) is 10.4. The molecule has 0 aliphatic carbocycles. The lowest BCUT2D eigenvalue weighted by atomic mass is 10.1. The smallest absolute Gasteiger partial charge is 0.178 e. The molecule has 0 radical (unpaired) electrons. The molecule has 0 saturated carbocycles. The normalized spacial score (nSPS) is 16.0. The Labute approximate surface area is 101 Å². The number of benzene rings is 1. The summed E-state index contributed by atoms with van der Waals surface area (Å²) >= 11 is 3.15. The zero-order chi connectivity index (χ0) is 11.7. The van der Waals surface area contributed by atoms with E-state index >= 15 is 0 Å². The number of rotatable bonds is 2. The van der Waals surface area contributed by atoms with Crippen LogP contribution in [-0.4, -0.2) is 24.4 Å². The molecule has 88 valence electrons. The van der Waals surface area contributed by atoms with Gasteiger partial charge in [0.15, 0.2) is 11.5 Å². The molecule has 0 saturated heterocycles. The summed E-state index contributed by atoms with van der Waals surface area (Å²) in [6.07, 6.45) is -0.342. The fourth-order valence-corrected chi connectivity index (χ4v) is 2.20. The average Bonchev–Trinajstić information content (AvgIpc) is 2.25. The van der Waals surface area contributed by atoms with E-state index in [9.17, 15) is 9.50 Å². The molecule has 1 aromatic rings. The number of fused-ring (bicyclic) bond motifs is 1. The lowest BCUT2D eigenvalue weighted by Crippen LogP contribution is -2.17. The van der Waals surface area contributed by atoms with Gasteiger partial charge >= 0.3 is 0 Å². The molecule has 2 rings (SSSR count). The molecule has 0 fully saturated rings. The van der Waals surface area contributed by atoms with E-state index in [1.165, 1.54) is 0 Å². The average molecular weight is 291 g/mol. The Morgan fingerprint density at radius 3 is 2.88 bits per heavy atom. The number of hydrogen-bond acceptors (Lipinski definition) is 3. The molecule has 1 heterocycles. The molecular formula is C11H12BrFO3. The lowest BCUT2D eigenvalue weighted by Gasteiger charge is -2.21. The summed E-state index contributed by atoms with van der Waals surface area (Å²) in [4.78, 5) is 0. The third-order valence-electron chi connectivity index (χ3n) is 2.31. The van der Waals surface area contributed by atoms with Crippen LogP contribution in [-0.2, 0) is 6.42 Å². The molecule has 16 heavy (non-hydrogen) atoms. The fraction of sp³-hybridized carbons (Fsp3) is 0.455. The molecule has 1 atom stereocenters. The molecule has 3 nitrogen and oxygen atoms in total. The van der Waals surface area contributed by atoms with Gasteiger partial charge in [0.05, 0.1) is 10.6 Å². The van der Waals surface area contributed by atoms with Crippen LogP contribution in [0.15, 0.2) is 10.5 Å². The Balaban J connectivity index is 2.44. The van der Waals surface area contributed by atoms with E-state index < -0.39 is 11.9 Å². The third kappa shape index (κ3) is 2.15. The van der Waals surface area contributed by atoms with E-state index in [1.54, 1.807) is 13.0 Å². The van der Waals surface area contributed by atoms with E-state index in [0.29, 0.717) is 30.3 Å². The molecule has 1 aliphatic heterocycles. The van der Waals surface area contributed by atoms with Crippen LogP contribution in [0.1, 0.15) is 12.5 Å². The van der Waals surface area contributed by atoms with Crippen LogP contribution in [0, 0.1) is 5.82 Å². The standard InChI is InChI=1S/C11H12BrFO3/c1-6(14)4-7-5-8-11(9(12)10(7)13)16-3-2-15-8/h5-6,14H,2-4H2,1H3. The molecule has 1 aliphatic rings. The summed E-state index contributed by atoms with van der Waals surface area (Å²) in [5.41, 5.74) is 0.422. The zero-order valence-electron chi connectivity index (χ0n) is 8.80. The number of halogens is 2. The van der Waals surface area contributed by atoms with E-state index in [0.717, 1.165) is 0 Å². The highest BCUT2D eigenvalue weighted by molar-refractivity contribution is 9.10. The number of hydrogen-bond donors (Lipinski definition) is 1. The summed E-state index contributed by atoms with van der Waals surface area (Å²) in [5, 5.41) is 9.27. The van der Waals surface area contributed by atoms with Crippen molar-refractivity contribution in [2.45, 2.75) is 19.4 Å². The summed E-state index contributed by atoms with van der Waals surface area (Å²) in [7, 11) is 0. The molecule has 0 bridgehead atoms. The van der Waals surface area contributed by atoms with Crippen molar-refractivity contribution in [1.29, 1.82) is 0 Å². The lowest BCUT2D eigenvalue weighted by molar-refractivity contribution is 0.167. The van der Waals surface area contributed by atoms with Crippen LogP contribution in [0.3, 0.4) is 0 Å². The van der Waals surface area contributed by atoms with Crippen molar-refractivity contribution in [3.8, 4) is 11.5 Å². The van der Waals surface area contributed by atoms with Crippen molar-refractivity contribution in [2.24, 2.45) is 0 Å². The highest BCUT2D eigenvalue weighted by Crippen LogP contribution is 2.41. The van der Waals surface area contributed by atoms with Gasteiger partial charge in [-0.1, -0.05) is 0 Å². The monoisotopic (exact) mass is 290 g/mol. The van der Waals surface area contributed by atoms with Gasteiger partial charge in [0.2, 0.25) is 0 Å². The van der Waals surface area contributed by atoms with Crippen LogP contribution >= 0.6 is 15.9 Å². The maximum Gasteiger partial charge on any atom is 0.178 e. The van der Waals surface area contributed by atoms with Gasteiger partial charge in [0.1, 0.15) is 19.0 Å². The van der Waals surface area contributed by atoms with E-state index in [1.807, 2.05) is 0 Å². The van der Waals surface area contributed by atoms with Crippen LogP contribution in [0.2, 0.25) is 0 Å². The van der Waals surface area contributed by atoms with Crippen molar-refractivity contribution in [3.05, 3.63) is 21.9 Å². The van der Waals surface area contributed by atoms with Crippen molar-refractivity contribution in [3.63, 3.8) is 0 Å². The predicted molar refractivity (Wildman–Crippen MR) is 60.5 cm³/mol. The first-order valence-corrected chi connectivity index (χ1v) is 5.83. The molecule has 1 aromatic carbocycles. The maximum absolute atomic E-state index is 13.9. The van der Waals surface area contributed by atoms with Crippen molar-refractivity contribution >= 4 is 15.9 Å². The first-order valence-electron chi connectivity index (χ1n) is 5.04. The Kier molecular flexibility index (Phi) is 3.35. The quantitative estimate of drug-likeness (QED) is 0.908. The number of ether oxygens (including phenoxy) is 2. The highest BCUT2D eigenvalue weighted by atomic mass is 79.9. The van der Waals surface area contributed by atoms with Gasteiger partial charge < -0.3 is 14.6 Å². The highest BCUT2D eigenvalue weighted by Gasteiger charge is 2.22. The van der Waals surface area contributed by atoms with Crippen LogP contribution in [0.4, 0.5) is 4.39 Å². The first-order chi connectivity index (χ1) is 7.59. The summed E-state index contributed by atoms with van der Waals surface area (Å²) < 4.78 is 24.8. The topological polar surface area (TPSA) is 38.7 Å². The molecule has 5 heteroatoms. The number of aliphatic hydroxyl groups excluding tert-OH is 1. The Bertz CT molecular complexity index is 407. The Hall–Kier alpha value is -0.810. The molecule has 1 unspecified atom stereocenters. The summed E-state index contributed by atoms with van der Waals surface area (Å²) in [6, 6.07) is 1.58. The minimum absolute atomic E-state index is 0.251. The van der Waals surface area contributed by atoms with Gasteiger partial charge in [-0.25, -0.2) is 4.39 Å². The third-order valence-corrected chi connectivity index (χ3v) is 3.01. The van der Waals surface area contributed by atoms with E-state index in [2.05, 4.69) is 15.9 Å². The molecule has 0 aromatic heterocycles. The second-order valence-corrected chi connectivity index (χ2v) is 4.53. The van der Waals surface area contributed by atoms with E-state index in [-0.39, 0.29) is 10.9 Å². The largest absolute Gasteiger partial charge is 0.486 e. The predicted octanol–water partition coefficient (Wildman–Crippen LogP) is 2.28. The molecular weight excluding hydrogens is 279 g/mol. The van der Waals surface area contributed by atoms with Crippen molar-refractivity contribution in [2.75, 3.05) is 13.2 Å². The number of aliphatic hydroxyl groups is 1. The van der Waals surface area contributed by atoms with Crippen LogP contribution in [0.25, 0.3) is 0 Å². The Morgan fingerprint density at radius 2 is 2.19 bits per heavy atom. The Morgan fingerprint density at radius 1 is 1.50 bits per heavy atom. The van der Waals surface area contributed by atoms with Gasteiger partial charge in [-0.15, -0.1) is 0 Å². The molecule has 0 amide bonds. The fourth-order valence-electron chi connectivity index (χ4n) is 1.64. The first kappa shape index (κ1) is 11.7. The second kappa shape index (κ2) is 4.59. The SMILES string of the molecule is CC(O)Cc1cc2c(c(Br)c1F)OCCO2. The van der Waals surface area contributed by atoms with Gasteiger partial charge in [0.25, 0.3) is 0 Å². The maximum atomic E-state index is 13.9. The van der Waals surface area contributed by atoms with Crippen LogP contribution < -0.4 is 9.47 Å². The summed E-state index contributed by atoms with van der Waals surface area (Å²) in [5.74, 6) is 0.526. The van der Waals surface area contributed by atoms with Crippen LogP contribution in [0.5, 0.6) is 11.5 Å². The molecule has 0 spiro atoms. The van der Waals surface area contributed by atoms with Gasteiger partial charge in [-0.05, 0) is 34.5 Å². The van der Waals surface area contributed by atoms with Gasteiger partial charge in [0, 0.05) is 6.42 Å². The van der Waals surface area contributed by atoms with Gasteiger partial charge in [-0.3, -0.25) is 0 Å². The van der Waals surface area contributed by atoms with Crippen molar-refractivity contribution in [1.82, 2.24) is 0 Å². The minimum atomic E-state index is -0.594. The van der Waals surface area contributed by atoms with Gasteiger partial charge in [-0.2, -0.15) is 0 Å². The summed E-state index contributed by atoms with van der Waals surface area (Å²) in [6.45, 7) is 2.49. The van der Waals surface area contributed by atoms with E-state index in [4.69, 9.17) is 9.47 Å². The second-order valence-electron chi connectivity index (χ2n) is 3.74. The van der Waals surface area contributed by atoms with Crippen molar-refractivity contribution < 1.29 is 19.0 Å². The minimum Gasteiger partial charge on any atom is -0.486 e.